The summed E-state index contributed by atoms with van der Waals surface area (Å²) in [7, 11) is 0. The molecule has 0 atom stereocenters. The number of carbonyl (C=O) groups is 1. The molecule has 0 aliphatic carbocycles. The zero-order valence-corrected chi connectivity index (χ0v) is 11.1. The summed E-state index contributed by atoms with van der Waals surface area (Å²) in [5.74, 6) is 1.29. The number of fused-ring (bicyclic) bond motifs is 1. The molecule has 0 unspecified atom stereocenters. The van der Waals surface area contributed by atoms with Crippen LogP contribution in [-0.4, -0.2) is 17.7 Å². The molecule has 0 radical (unpaired) electrons. The van der Waals surface area contributed by atoms with E-state index in [1.54, 1.807) is 18.5 Å². The molecule has 1 N–H and O–H groups in total. The van der Waals surface area contributed by atoms with Gasteiger partial charge in [-0.2, -0.15) is 0 Å². The number of hydrogen-bond donors (Lipinski definition) is 1. The summed E-state index contributed by atoms with van der Waals surface area (Å²) >= 11 is 0. The Kier molecular flexibility index (Phi) is 3.25. The molecular weight excluding hydrogens is 256 g/mol. The summed E-state index contributed by atoms with van der Waals surface area (Å²) in [6, 6.07) is 7.34. The number of amides is 1. The Labute approximate surface area is 116 Å². The third kappa shape index (κ3) is 2.56. The maximum atomic E-state index is 12.0. The molecular formula is C15H14N2O3. The van der Waals surface area contributed by atoms with E-state index < -0.39 is 0 Å². The minimum Gasteiger partial charge on any atom is -0.454 e. The van der Waals surface area contributed by atoms with Gasteiger partial charge in [0.2, 0.25) is 12.7 Å². The van der Waals surface area contributed by atoms with Gasteiger partial charge in [-0.1, -0.05) is 6.07 Å². The van der Waals surface area contributed by atoms with Crippen LogP contribution in [0.4, 0.5) is 5.69 Å². The Morgan fingerprint density at radius 3 is 2.90 bits per heavy atom. The monoisotopic (exact) mass is 270 g/mol. The number of nitrogens with zero attached hydrogens (tertiary/aromatic N) is 1. The number of ether oxygens (including phenoxy) is 2. The molecule has 2 heterocycles. The molecule has 1 aliphatic rings. The highest BCUT2D eigenvalue weighted by Gasteiger charge is 2.16. The van der Waals surface area contributed by atoms with Gasteiger partial charge in [-0.3, -0.25) is 9.78 Å². The number of pyridine rings is 1. The van der Waals surface area contributed by atoms with E-state index in [4.69, 9.17) is 9.47 Å². The molecule has 5 nitrogen and oxygen atoms in total. The van der Waals surface area contributed by atoms with Gasteiger partial charge in [0.15, 0.2) is 11.5 Å². The van der Waals surface area contributed by atoms with Gasteiger partial charge in [0.05, 0.1) is 6.42 Å². The molecule has 3 rings (SSSR count). The summed E-state index contributed by atoms with van der Waals surface area (Å²) in [6.07, 6.45) is 3.66. The van der Waals surface area contributed by atoms with E-state index >= 15 is 0 Å². The second-order valence-corrected chi connectivity index (χ2v) is 4.61. The molecule has 2 aromatic rings. The van der Waals surface area contributed by atoms with Gasteiger partial charge in [0.1, 0.15) is 0 Å². The summed E-state index contributed by atoms with van der Waals surface area (Å²) in [5.41, 5.74) is 2.56. The lowest BCUT2D eigenvalue weighted by molar-refractivity contribution is -0.115. The van der Waals surface area contributed by atoms with E-state index in [-0.39, 0.29) is 12.7 Å². The Morgan fingerprint density at radius 1 is 1.35 bits per heavy atom. The van der Waals surface area contributed by atoms with E-state index in [2.05, 4.69) is 10.3 Å². The number of anilines is 1. The quantitative estimate of drug-likeness (QED) is 0.929. The lowest BCUT2D eigenvalue weighted by Gasteiger charge is -2.09. The maximum absolute atomic E-state index is 12.0. The summed E-state index contributed by atoms with van der Waals surface area (Å²) < 4.78 is 10.6. The van der Waals surface area contributed by atoms with Gasteiger partial charge in [-0.25, -0.2) is 0 Å². The van der Waals surface area contributed by atoms with Crippen LogP contribution in [0.5, 0.6) is 11.5 Å². The molecule has 1 amide bonds. The molecule has 0 saturated heterocycles. The van der Waals surface area contributed by atoms with Crippen molar-refractivity contribution < 1.29 is 14.3 Å². The molecule has 1 aromatic heterocycles. The minimum atomic E-state index is -0.0834. The minimum absolute atomic E-state index is 0.0834. The van der Waals surface area contributed by atoms with Crippen LogP contribution in [0.15, 0.2) is 36.7 Å². The van der Waals surface area contributed by atoms with Crippen molar-refractivity contribution in [1.29, 1.82) is 0 Å². The van der Waals surface area contributed by atoms with Crippen molar-refractivity contribution in [3.63, 3.8) is 0 Å². The average Bonchev–Trinajstić information content (AvgIpc) is 2.87. The fraction of sp³-hybridized carbons (Fsp3) is 0.200. The van der Waals surface area contributed by atoms with E-state index in [0.717, 1.165) is 16.8 Å². The predicted molar refractivity (Wildman–Crippen MR) is 73.9 cm³/mol. The Bertz CT molecular complexity index is 641. The normalized spacial score (nSPS) is 12.2. The van der Waals surface area contributed by atoms with Crippen molar-refractivity contribution in [1.82, 2.24) is 4.98 Å². The number of nitrogens with one attached hydrogen (secondary N) is 1. The zero-order chi connectivity index (χ0) is 13.9. The zero-order valence-electron chi connectivity index (χ0n) is 11.1. The SMILES string of the molecule is Cc1cc2c(cc1NC(=O)Cc1cccnc1)OCO2. The van der Waals surface area contributed by atoms with Gasteiger partial charge in [0, 0.05) is 24.1 Å². The molecule has 5 heteroatoms. The van der Waals surface area contributed by atoms with Crippen molar-refractivity contribution in [2.75, 3.05) is 12.1 Å². The third-order valence-corrected chi connectivity index (χ3v) is 3.08. The first-order chi connectivity index (χ1) is 9.72. The van der Waals surface area contributed by atoms with Crippen molar-refractivity contribution >= 4 is 11.6 Å². The lowest BCUT2D eigenvalue weighted by Crippen LogP contribution is -2.15. The van der Waals surface area contributed by atoms with Crippen LogP contribution in [0.2, 0.25) is 0 Å². The number of carbonyl (C=O) groups excluding carboxylic acids is 1. The van der Waals surface area contributed by atoms with Crippen molar-refractivity contribution in [2.45, 2.75) is 13.3 Å². The van der Waals surface area contributed by atoms with Gasteiger partial charge in [-0.05, 0) is 30.2 Å². The molecule has 0 saturated carbocycles. The fourth-order valence-corrected chi connectivity index (χ4v) is 2.06. The summed E-state index contributed by atoms with van der Waals surface area (Å²) in [6.45, 7) is 2.14. The largest absolute Gasteiger partial charge is 0.454 e. The molecule has 20 heavy (non-hydrogen) atoms. The Balaban J connectivity index is 1.73. The van der Waals surface area contributed by atoms with Crippen LogP contribution in [-0.2, 0) is 11.2 Å². The number of benzene rings is 1. The standard InChI is InChI=1S/C15H14N2O3/c1-10-5-13-14(20-9-19-13)7-12(10)17-15(18)6-11-3-2-4-16-8-11/h2-5,7-8H,6,9H2,1H3,(H,17,18). The van der Waals surface area contributed by atoms with E-state index in [1.165, 1.54) is 0 Å². The van der Waals surface area contributed by atoms with Crippen molar-refractivity contribution in [3.05, 3.63) is 47.8 Å². The summed E-state index contributed by atoms with van der Waals surface area (Å²) in [5, 5.41) is 2.89. The van der Waals surface area contributed by atoms with E-state index in [9.17, 15) is 4.79 Å². The molecule has 1 aliphatic heterocycles. The van der Waals surface area contributed by atoms with Crippen molar-refractivity contribution in [3.8, 4) is 11.5 Å². The van der Waals surface area contributed by atoms with Gasteiger partial charge in [-0.15, -0.1) is 0 Å². The molecule has 0 bridgehead atoms. The maximum Gasteiger partial charge on any atom is 0.231 e. The topological polar surface area (TPSA) is 60.5 Å². The van der Waals surface area contributed by atoms with Crippen LogP contribution in [0, 0.1) is 6.92 Å². The average molecular weight is 270 g/mol. The van der Waals surface area contributed by atoms with Crippen LogP contribution in [0.1, 0.15) is 11.1 Å². The number of aromatic nitrogens is 1. The van der Waals surface area contributed by atoms with Crippen LogP contribution >= 0.6 is 0 Å². The Morgan fingerprint density at radius 2 is 2.15 bits per heavy atom. The summed E-state index contributed by atoms with van der Waals surface area (Å²) in [4.78, 5) is 16.0. The van der Waals surface area contributed by atoms with E-state index in [1.807, 2.05) is 25.1 Å². The van der Waals surface area contributed by atoms with Crippen LogP contribution in [0.3, 0.4) is 0 Å². The third-order valence-electron chi connectivity index (χ3n) is 3.08. The lowest BCUT2D eigenvalue weighted by atomic mass is 10.1. The highest BCUT2D eigenvalue weighted by Crippen LogP contribution is 2.36. The molecule has 0 spiro atoms. The van der Waals surface area contributed by atoms with Gasteiger partial charge < -0.3 is 14.8 Å². The number of rotatable bonds is 3. The van der Waals surface area contributed by atoms with Gasteiger partial charge >= 0.3 is 0 Å². The van der Waals surface area contributed by atoms with Gasteiger partial charge in [0.25, 0.3) is 0 Å². The predicted octanol–water partition coefficient (Wildman–Crippen LogP) is 2.30. The first-order valence-electron chi connectivity index (χ1n) is 6.31. The van der Waals surface area contributed by atoms with Crippen LogP contribution < -0.4 is 14.8 Å². The first-order valence-corrected chi connectivity index (χ1v) is 6.31. The second-order valence-electron chi connectivity index (χ2n) is 4.61. The highest BCUT2D eigenvalue weighted by molar-refractivity contribution is 5.93. The second kappa shape index (κ2) is 5.21. The van der Waals surface area contributed by atoms with Crippen molar-refractivity contribution in [2.24, 2.45) is 0 Å². The molecule has 0 fully saturated rings. The first kappa shape index (κ1) is 12.5. The molecule has 1 aromatic carbocycles. The number of aryl methyl sites for hydroxylation is 1. The van der Waals surface area contributed by atoms with E-state index in [0.29, 0.717) is 17.9 Å². The number of hydrogen-bond acceptors (Lipinski definition) is 4. The molecule has 102 valence electrons. The Hall–Kier alpha value is -2.56. The smallest absolute Gasteiger partial charge is 0.231 e. The highest BCUT2D eigenvalue weighted by atomic mass is 16.7. The fourth-order valence-electron chi connectivity index (χ4n) is 2.06. The van der Waals surface area contributed by atoms with Crippen LogP contribution in [0.25, 0.3) is 0 Å².